The molecule has 0 saturated carbocycles. The number of aliphatic imine (C=N–C) groups is 1. The highest BCUT2D eigenvalue weighted by Crippen LogP contribution is 2.52. The van der Waals surface area contributed by atoms with Crippen molar-refractivity contribution in [3.8, 4) is 5.75 Å². The van der Waals surface area contributed by atoms with Crippen molar-refractivity contribution >= 4 is 34.2 Å². The Balaban J connectivity index is 1.65. The Labute approximate surface area is 230 Å². The maximum atomic E-state index is 6.44. The number of benzene rings is 3. The minimum atomic E-state index is -0.687. The number of fused-ring (bicyclic) bond motifs is 2. The summed E-state index contributed by atoms with van der Waals surface area (Å²) in [5.74, 6) is 0.849. The van der Waals surface area contributed by atoms with E-state index in [9.17, 15) is 0 Å². The average molecular weight is 515 g/mol. The first-order valence-electron chi connectivity index (χ1n) is 13.8. The van der Waals surface area contributed by atoms with E-state index in [-0.39, 0.29) is 0 Å². The van der Waals surface area contributed by atoms with E-state index in [1.165, 1.54) is 22.2 Å². The second-order valence-corrected chi connectivity index (χ2v) is 9.85. The van der Waals surface area contributed by atoms with Gasteiger partial charge in [-0.15, -0.1) is 0 Å². The fraction of sp³-hybridized carbons (Fsp3) is 0.235. The molecular weight excluding hydrogens is 480 g/mol. The van der Waals surface area contributed by atoms with Crippen LogP contribution in [0.15, 0.2) is 96.1 Å². The molecule has 3 aromatic carbocycles. The molecular formula is C34H34N4O. The van der Waals surface area contributed by atoms with E-state index < -0.39 is 5.41 Å². The highest BCUT2D eigenvalue weighted by molar-refractivity contribution is 6.00. The number of aryl methyl sites for hydroxylation is 1. The monoisotopic (exact) mass is 514 g/mol. The minimum Gasteiger partial charge on any atom is -0.493 e. The number of ether oxygens (including phenoxy) is 1. The lowest BCUT2D eigenvalue weighted by molar-refractivity contribution is 0.335. The number of rotatable bonds is 8. The Morgan fingerprint density at radius 2 is 1.67 bits per heavy atom. The first kappa shape index (κ1) is 24.9. The third kappa shape index (κ3) is 3.84. The Hall–Kier alpha value is -4.38. The average Bonchev–Trinajstić information content (AvgIpc) is 3.49. The van der Waals surface area contributed by atoms with E-state index in [2.05, 4.69) is 115 Å². The van der Waals surface area contributed by atoms with Gasteiger partial charge in [0.15, 0.2) is 0 Å². The Kier molecular flexibility index (Phi) is 6.43. The topological polar surface area (TPSA) is 42.6 Å². The number of anilines is 2. The summed E-state index contributed by atoms with van der Waals surface area (Å²) in [6.07, 6.45) is 3.96. The van der Waals surface area contributed by atoms with Crippen molar-refractivity contribution in [3.05, 3.63) is 114 Å². The molecule has 0 fully saturated rings. The lowest BCUT2D eigenvalue weighted by Gasteiger charge is -2.32. The number of para-hydroxylation sites is 2. The van der Waals surface area contributed by atoms with Crippen LogP contribution in [0.3, 0.4) is 0 Å². The lowest BCUT2D eigenvalue weighted by Crippen LogP contribution is -2.31. The minimum absolute atomic E-state index is 0.561. The summed E-state index contributed by atoms with van der Waals surface area (Å²) >= 11 is 0. The van der Waals surface area contributed by atoms with Gasteiger partial charge < -0.3 is 14.2 Å². The second kappa shape index (κ2) is 10.1. The van der Waals surface area contributed by atoms with E-state index in [1.54, 1.807) is 0 Å². The predicted molar refractivity (Wildman–Crippen MR) is 161 cm³/mol. The fourth-order valence-electron chi connectivity index (χ4n) is 6.29. The van der Waals surface area contributed by atoms with E-state index in [0.717, 1.165) is 47.2 Å². The van der Waals surface area contributed by atoms with E-state index in [0.29, 0.717) is 6.61 Å². The summed E-state index contributed by atoms with van der Waals surface area (Å²) in [4.78, 5) is 12.2. The maximum absolute atomic E-state index is 6.44. The van der Waals surface area contributed by atoms with Crippen LogP contribution in [0, 0.1) is 6.92 Å². The summed E-state index contributed by atoms with van der Waals surface area (Å²) in [5, 5.41) is 1.22. The van der Waals surface area contributed by atoms with Crippen LogP contribution in [-0.2, 0) is 12.0 Å². The standard InChI is InChI=1S/C34H34N4O/c1-5-37-24(4)32(27-16-11-12-18-30(27)37)34(23-36-29-17-13-21-35-33(29)34)28-20-19-26(22-31(28)39-7-3)38(6-2)25-14-9-8-10-15-25/h8-23H,5-7H2,1-4H3. The van der Waals surface area contributed by atoms with Crippen LogP contribution >= 0.6 is 0 Å². The van der Waals surface area contributed by atoms with E-state index >= 15 is 0 Å². The van der Waals surface area contributed by atoms with Gasteiger partial charge in [0.25, 0.3) is 0 Å². The van der Waals surface area contributed by atoms with Gasteiger partial charge in [-0.3, -0.25) is 9.98 Å². The smallest absolute Gasteiger partial charge is 0.126 e. The van der Waals surface area contributed by atoms with E-state index in [1.807, 2.05) is 19.2 Å². The maximum Gasteiger partial charge on any atom is 0.126 e. The molecule has 1 unspecified atom stereocenters. The molecule has 196 valence electrons. The predicted octanol–water partition coefficient (Wildman–Crippen LogP) is 7.97. The highest BCUT2D eigenvalue weighted by Gasteiger charge is 2.46. The van der Waals surface area contributed by atoms with Gasteiger partial charge in [-0.2, -0.15) is 0 Å². The SMILES string of the molecule is CCOc1cc(N(CC)c2ccccc2)ccc1C1(c2c(C)n(CC)c3ccccc23)C=Nc2cccnc21. The van der Waals surface area contributed by atoms with E-state index in [4.69, 9.17) is 14.7 Å². The van der Waals surface area contributed by atoms with Crippen LogP contribution in [-0.4, -0.2) is 28.9 Å². The molecule has 5 nitrogen and oxygen atoms in total. The van der Waals surface area contributed by atoms with Gasteiger partial charge in [0.1, 0.15) is 11.2 Å². The van der Waals surface area contributed by atoms with Crippen LogP contribution in [0.1, 0.15) is 43.3 Å². The number of aromatic nitrogens is 2. The molecule has 0 amide bonds. The van der Waals surface area contributed by atoms with Crippen molar-refractivity contribution < 1.29 is 4.74 Å². The van der Waals surface area contributed by atoms with Crippen LogP contribution in [0.25, 0.3) is 10.9 Å². The van der Waals surface area contributed by atoms with Crippen molar-refractivity contribution in [2.75, 3.05) is 18.1 Å². The third-order valence-corrected chi connectivity index (χ3v) is 7.88. The molecule has 0 spiro atoms. The number of hydrogen-bond donors (Lipinski definition) is 0. The quantitative estimate of drug-likeness (QED) is 0.211. The van der Waals surface area contributed by atoms with Crippen molar-refractivity contribution in [1.29, 1.82) is 0 Å². The van der Waals surface area contributed by atoms with Gasteiger partial charge in [-0.1, -0.05) is 42.5 Å². The summed E-state index contributed by atoms with van der Waals surface area (Å²) in [6.45, 7) is 10.9. The Morgan fingerprint density at radius 1 is 0.872 bits per heavy atom. The highest BCUT2D eigenvalue weighted by atomic mass is 16.5. The van der Waals surface area contributed by atoms with Crippen molar-refractivity contribution in [2.24, 2.45) is 4.99 Å². The number of hydrogen-bond acceptors (Lipinski definition) is 4. The second-order valence-electron chi connectivity index (χ2n) is 9.85. The van der Waals surface area contributed by atoms with Crippen molar-refractivity contribution in [1.82, 2.24) is 9.55 Å². The fourth-order valence-corrected chi connectivity index (χ4v) is 6.29. The molecule has 6 rings (SSSR count). The first-order valence-corrected chi connectivity index (χ1v) is 13.8. The number of pyridine rings is 1. The molecule has 0 bridgehead atoms. The normalized spacial score (nSPS) is 16.0. The number of nitrogens with zero attached hydrogens (tertiary/aromatic N) is 4. The van der Waals surface area contributed by atoms with Gasteiger partial charge in [0, 0.05) is 70.7 Å². The van der Waals surface area contributed by atoms with Gasteiger partial charge >= 0.3 is 0 Å². The molecule has 0 saturated heterocycles. The van der Waals surface area contributed by atoms with Crippen LogP contribution in [0.2, 0.25) is 0 Å². The van der Waals surface area contributed by atoms with Crippen molar-refractivity contribution in [3.63, 3.8) is 0 Å². The Morgan fingerprint density at radius 3 is 2.44 bits per heavy atom. The molecule has 0 N–H and O–H groups in total. The summed E-state index contributed by atoms with van der Waals surface area (Å²) in [6, 6.07) is 29.8. The largest absolute Gasteiger partial charge is 0.493 e. The molecule has 39 heavy (non-hydrogen) atoms. The van der Waals surface area contributed by atoms with Crippen LogP contribution in [0.5, 0.6) is 5.75 Å². The molecule has 5 heteroatoms. The molecule has 1 atom stereocenters. The summed E-state index contributed by atoms with van der Waals surface area (Å²) in [5.41, 5.74) is 8.11. The molecule has 0 radical (unpaired) electrons. The van der Waals surface area contributed by atoms with Crippen LogP contribution < -0.4 is 9.64 Å². The van der Waals surface area contributed by atoms with Gasteiger partial charge in [0.2, 0.25) is 0 Å². The zero-order valence-electron chi connectivity index (χ0n) is 23.1. The molecule has 1 aliphatic rings. The molecule has 3 heterocycles. The lowest BCUT2D eigenvalue weighted by atomic mass is 9.71. The summed E-state index contributed by atoms with van der Waals surface area (Å²) < 4.78 is 8.84. The molecule has 5 aromatic rings. The van der Waals surface area contributed by atoms with Gasteiger partial charge in [-0.05, 0) is 64.1 Å². The first-order chi connectivity index (χ1) is 19.1. The molecule has 1 aliphatic heterocycles. The zero-order chi connectivity index (χ0) is 27.0. The van der Waals surface area contributed by atoms with Crippen molar-refractivity contribution in [2.45, 2.75) is 39.7 Å². The molecule has 0 aliphatic carbocycles. The Bertz CT molecular complexity index is 1670. The summed E-state index contributed by atoms with van der Waals surface area (Å²) in [7, 11) is 0. The van der Waals surface area contributed by atoms with Crippen LogP contribution in [0.4, 0.5) is 17.1 Å². The third-order valence-electron chi connectivity index (χ3n) is 7.88. The van der Waals surface area contributed by atoms with Gasteiger partial charge in [-0.25, -0.2) is 0 Å². The zero-order valence-corrected chi connectivity index (χ0v) is 23.1. The molecule has 2 aromatic heterocycles. The van der Waals surface area contributed by atoms with Gasteiger partial charge in [0.05, 0.1) is 18.0 Å².